The highest BCUT2D eigenvalue weighted by Crippen LogP contribution is 2.38. The Balaban J connectivity index is 1.37. The van der Waals surface area contributed by atoms with Crippen molar-refractivity contribution in [1.82, 2.24) is 0 Å². The quantitative estimate of drug-likeness (QED) is 0.181. The lowest BCUT2D eigenvalue weighted by Crippen LogP contribution is -2.32. The molecule has 0 spiro atoms. The van der Waals surface area contributed by atoms with Crippen molar-refractivity contribution in [2.45, 2.75) is 64.4 Å². The van der Waals surface area contributed by atoms with Gasteiger partial charge in [0.25, 0.3) is 0 Å². The summed E-state index contributed by atoms with van der Waals surface area (Å²) in [4.78, 5) is 0. The summed E-state index contributed by atoms with van der Waals surface area (Å²) in [6.07, 6.45) is 3.10. The maximum absolute atomic E-state index is 14.9. The minimum Gasteiger partial charge on any atom is -0.480 e. The standard InChI is InChI=1S/C32H32F6O2/c1-3-4-21-6-8-22(9-7-21)23-10-12-24(13-11-23)29(34)30(35)25-14-16-26(17-15-25)40-32(37,38)19-39-27-18-5-20(2)28(33)31(27)36/h5,10-18,21-22H,3-4,6-9,19H2,1-2H3/b30-29+. The molecule has 1 aliphatic carbocycles. The van der Waals surface area contributed by atoms with E-state index in [1.807, 2.05) is 12.1 Å². The van der Waals surface area contributed by atoms with E-state index in [9.17, 15) is 26.3 Å². The van der Waals surface area contributed by atoms with Gasteiger partial charge in [-0.3, -0.25) is 0 Å². The second-order valence-electron chi connectivity index (χ2n) is 10.3. The molecule has 0 bridgehead atoms. The summed E-state index contributed by atoms with van der Waals surface area (Å²) in [5.41, 5.74) is 1.06. The van der Waals surface area contributed by atoms with Crippen LogP contribution in [-0.4, -0.2) is 12.7 Å². The Labute approximate surface area is 230 Å². The van der Waals surface area contributed by atoms with Gasteiger partial charge in [0.15, 0.2) is 29.8 Å². The number of rotatable bonds is 10. The zero-order chi connectivity index (χ0) is 28.9. The van der Waals surface area contributed by atoms with E-state index in [0.29, 0.717) is 5.92 Å². The number of hydrogen-bond donors (Lipinski definition) is 0. The van der Waals surface area contributed by atoms with Crippen molar-refractivity contribution >= 4 is 11.7 Å². The Morgan fingerprint density at radius 3 is 1.95 bits per heavy atom. The fourth-order valence-electron chi connectivity index (χ4n) is 5.12. The first-order valence-electron chi connectivity index (χ1n) is 13.5. The highest BCUT2D eigenvalue weighted by atomic mass is 19.3. The minimum absolute atomic E-state index is 0.00239. The third kappa shape index (κ3) is 7.20. The van der Waals surface area contributed by atoms with Gasteiger partial charge in [0.05, 0.1) is 0 Å². The molecule has 8 heteroatoms. The van der Waals surface area contributed by atoms with E-state index in [2.05, 4.69) is 11.7 Å². The predicted octanol–water partition coefficient (Wildman–Crippen LogP) is 10.2. The number of aryl methyl sites for hydroxylation is 1. The average Bonchev–Trinajstić information content (AvgIpc) is 2.96. The van der Waals surface area contributed by atoms with Crippen molar-refractivity contribution in [3.05, 3.63) is 94.6 Å². The largest absolute Gasteiger partial charge is 0.480 e. The van der Waals surface area contributed by atoms with Gasteiger partial charge in [0.1, 0.15) is 5.75 Å². The third-order valence-corrected chi connectivity index (χ3v) is 7.38. The Kier molecular flexibility index (Phi) is 9.48. The summed E-state index contributed by atoms with van der Waals surface area (Å²) in [6.45, 7) is 2.13. The Morgan fingerprint density at radius 1 is 0.800 bits per heavy atom. The second-order valence-corrected chi connectivity index (χ2v) is 10.3. The lowest BCUT2D eigenvalue weighted by Gasteiger charge is -2.28. The van der Waals surface area contributed by atoms with Crippen molar-refractivity contribution in [1.29, 1.82) is 0 Å². The molecule has 0 atom stereocenters. The fraction of sp³-hybridized carbons (Fsp3) is 0.375. The second kappa shape index (κ2) is 12.8. The van der Waals surface area contributed by atoms with Crippen LogP contribution in [0.15, 0.2) is 60.7 Å². The van der Waals surface area contributed by atoms with Gasteiger partial charge in [-0.1, -0.05) is 50.1 Å². The van der Waals surface area contributed by atoms with Gasteiger partial charge < -0.3 is 9.47 Å². The molecule has 0 saturated heterocycles. The third-order valence-electron chi connectivity index (χ3n) is 7.38. The van der Waals surface area contributed by atoms with E-state index in [0.717, 1.165) is 54.7 Å². The Bertz CT molecular complexity index is 1310. The van der Waals surface area contributed by atoms with Crippen LogP contribution >= 0.6 is 0 Å². The molecule has 0 amide bonds. The van der Waals surface area contributed by atoms with Crippen LogP contribution in [0.4, 0.5) is 26.3 Å². The van der Waals surface area contributed by atoms with Gasteiger partial charge in [0, 0.05) is 11.1 Å². The fourth-order valence-corrected chi connectivity index (χ4v) is 5.12. The average molecular weight is 563 g/mol. The van der Waals surface area contributed by atoms with Crippen molar-refractivity contribution in [3.8, 4) is 11.5 Å². The molecule has 0 heterocycles. The highest BCUT2D eigenvalue weighted by molar-refractivity contribution is 5.83. The SMILES string of the molecule is CCCC1CCC(c2ccc(/C(F)=C(\F)c3ccc(OC(F)(F)COc4ccc(C)c(F)c4F)cc3)cc2)CC1. The molecule has 0 aliphatic heterocycles. The van der Waals surface area contributed by atoms with Gasteiger partial charge >= 0.3 is 6.11 Å². The molecule has 1 fully saturated rings. The van der Waals surface area contributed by atoms with Crippen LogP contribution in [0.25, 0.3) is 11.7 Å². The highest BCUT2D eigenvalue weighted by Gasteiger charge is 2.34. The maximum atomic E-state index is 14.9. The molecular weight excluding hydrogens is 530 g/mol. The molecule has 0 unspecified atom stereocenters. The summed E-state index contributed by atoms with van der Waals surface area (Å²) >= 11 is 0. The van der Waals surface area contributed by atoms with Gasteiger partial charge in [-0.2, -0.15) is 13.2 Å². The minimum atomic E-state index is -3.91. The number of halogens is 6. The maximum Gasteiger partial charge on any atom is 0.432 e. The summed E-state index contributed by atoms with van der Waals surface area (Å²) < 4.78 is 95.0. The molecule has 0 aromatic heterocycles. The monoisotopic (exact) mass is 562 g/mol. The van der Waals surface area contributed by atoms with Crippen LogP contribution in [0.3, 0.4) is 0 Å². The molecule has 3 aromatic rings. The normalized spacial score (nSPS) is 18.3. The van der Waals surface area contributed by atoms with Crippen molar-refractivity contribution in [2.24, 2.45) is 5.92 Å². The number of hydrogen-bond acceptors (Lipinski definition) is 2. The number of alkyl halides is 2. The molecule has 2 nitrogen and oxygen atoms in total. The molecule has 4 rings (SSSR count). The molecule has 40 heavy (non-hydrogen) atoms. The number of ether oxygens (including phenoxy) is 2. The number of benzene rings is 3. The van der Waals surface area contributed by atoms with E-state index < -0.39 is 41.8 Å². The van der Waals surface area contributed by atoms with Gasteiger partial charge in [-0.05, 0) is 85.9 Å². The first-order chi connectivity index (χ1) is 19.1. The topological polar surface area (TPSA) is 18.5 Å². The first kappa shape index (κ1) is 29.6. The summed E-state index contributed by atoms with van der Waals surface area (Å²) in [7, 11) is 0. The van der Waals surface area contributed by atoms with Crippen LogP contribution in [-0.2, 0) is 0 Å². The predicted molar refractivity (Wildman–Crippen MR) is 144 cm³/mol. The van der Waals surface area contributed by atoms with Crippen molar-refractivity contribution in [3.63, 3.8) is 0 Å². The van der Waals surface area contributed by atoms with Gasteiger partial charge in [0.2, 0.25) is 5.82 Å². The summed E-state index contributed by atoms with van der Waals surface area (Å²) in [6, 6.07) is 13.4. The summed E-state index contributed by atoms with van der Waals surface area (Å²) in [5, 5.41) is 0. The zero-order valence-corrected chi connectivity index (χ0v) is 22.5. The van der Waals surface area contributed by atoms with Crippen LogP contribution < -0.4 is 9.47 Å². The first-order valence-corrected chi connectivity index (χ1v) is 13.5. The van der Waals surface area contributed by atoms with Gasteiger partial charge in [-0.25, -0.2) is 13.2 Å². The Morgan fingerprint density at radius 2 is 1.38 bits per heavy atom. The molecule has 3 aromatic carbocycles. The summed E-state index contributed by atoms with van der Waals surface area (Å²) in [5.74, 6) is -4.60. The molecule has 0 N–H and O–H groups in total. The van der Waals surface area contributed by atoms with Crippen molar-refractivity contribution < 1.29 is 35.8 Å². The molecule has 214 valence electrons. The molecule has 1 saturated carbocycles. The van der Waals surface area contributed by atoms with Gasteiger partial charge in [-0.15, -0.1) is 0 Å². The van der Waals surface area contributed by atoms with E-state index >= 15 is 0 Å². The van der Waals surface area contributed by atoms with E-state index in [4.69, 9.17) is 4.74 Å². The lowest BCUT2D eigenvalue weighted by molar-refractivity contribution is -0.195. The van der Waals surface area contributed by atoms with Crippen LogP contribution in [0.5, 0.6) is 11.5 Å². The van der Waals surface area contributed by atoms with Crippen LogP contribution in [0.1, 0.15) is 73.6 Å². The van der Waals surface area contributed by atoms with E-state index in [1.165, 1.54) is 38.7 Å². The molecular formula is C32H32F6O2. The van der Waals surface area contributed by atoms with Crippen LogP contribution in [0, 0.1) is 24.5 Å². The Hall–Kier alpha value is -3.42. The smallest absolute Gasteiger partial charge is 0.432 e. The lowest BCUT2D eigenvalue weighted by atomic mass is 9.77. The van der Waals surface area contributed by atoms with E-state index in [-0.39, 0.29) is 22.4 Å². The molecule has 1 aliphatic rings. The van der Waals surface area contributed by atoms with Crippen molar-refractivity contribution in [2.75, 3.05) is 6.61 Å². The molecule has 0 radical (unpaired) electrons. The zero-order valence-electron chi connectivity index (χ0n) is 22.5. The van der Waals surface area contributed by atoms with E-state index in [1.54, 1.807) is 12.1 Å². The van der Waals surface area contributed by atoms with Crippen LogP contribution in [0.2, 0.25) is 0 Å².